The standard InChI is InChI=1S/C31H28N2O5S/c1-4-37-25-17-22(15-16-24(25)38-19-21-11-7-5-8-12-21)18-26-29(34)33-28(23-13-9-6-10-14-23)27(30(35)36-3)20(2)32-31(33)39-26/h5-18,28H,4,19H2,1-3H3/b26-18-/t28-/m1/s1. The zero-order valence-electron chi connectivity index (χ0n) is 21.9. The number of hydrogen-bond acceptors (Lipinski definition) is 7. The largest absolute Gasteiger partial charge is 0.490 e. The molecule has 39 heavy (non-hydrogen) atoms. The molecule has 1 atom stereocenters. The van der Waals surface area contributed by atoms with Crippen LogP contribution in [-0.4, -0.2) is 24.3 Å². The molecule has 0 aliphatic carbocycles. The minimum Gasteiger partial charge on any atom is -0.490 e. The van der Waals surface area contributed by atoms with E-state index in [1.54, 1.807) is 11.5 Å². The molecule has 198 valence electrons. The zero-order chi connectivity index (χ0) is 27.4. The first-order chi connectivity index (χ1) is 19.0. The topological polar surface area (TPSA) is 79.1 Å². The molecule has 0 unspecified atom stereocenters. The fourth-order valence-corrected chi connectivity index (χ4v) is 5.58. The number of ether oxygens (including phenoxy) is 3. The molecule has 1 aliphatic heterocycles. The number of fused-ring (bicyclic) bond motifs is 1. The first-order valence-corrected chi connectivity index (χ1v) is 13.4. The molecule has 2 heterocycles. The maximum atomic E-state index is 13.8. The third kappa shape index (κ3) is 5.42. The molecule has 5 rings (SSSR count). The highest BCUT2D eigenvalue weighted by Gasteiger charge is 2.32. The number of allylic oxidation sites excluding steroid dienone is 1. The van der Waals surface area contributed by atoms with Gasteiger partial charge in [0.1, 0.15) is 6.61 Å². The molecule has 7 nitrogen and oxygen atoms in total. The quantitative estimate of drug-likeness (QED) is 0.310. The second-order valence-electron chi connectivity index (χ2n) is 8.90. The number of hydrogen-bond donors (Lipinski definition) is 0. The third-order valence-corrected chi connectivity index (χ3v) is 7.33. The van der Waals surface area contributed by atoms with Crippen LogP contribution in [0.15, 0.2) is 99.9 Å². The molecule has 0 fully saturated rings. The van der Waals surface area contributed by atoms with E-state index >= 15 is 0 Å². The number of carbonyl (C=O) groups is 1. The van der Waals surface area contributed by atoms with Crippen molar-refractivity contribution in [3.8, 4) is 11.5 Å². The van der Waals surface area contributed by atoms with E-state index < -0.39 is 12.0 Å². The van der Waals surface area contributed by atoms with Crippen LogP contribution in [0, 0.1) is 0 Å². The summed E-state index contributed by atoms with van der Waals surface area (Å²) in [6, 6.07) is 24.3. The van der Waals surface area contributed by atoms with E-state index in [1.807, 2.05) is 91.9 Å². The Morgan fingerprint density at radius 3 is 2.41 bits per heavy atom. The Morgan fingerprint density at radius 1 is 1.00 bits per heavy atom. The molecule has 8 heteroatoms. The number of aromatic nitrogens is 1. The van der Waals surface area contributed by atoms with E-state index in [9.17, 15) is 9.59 Å². The van der Waals surface area contributed by atoms with Crippen LogP contribution < -0.4 is 24.4 Å². The highest BCUT2D eigenvalue weighted by atomic mass is 32.1. The maximum Gasteiger partial charge on any atom is 0.338 e. The average Bonchev–Trinajstić information content (AvgIpc) is 3.26. The number of benzene rings is 3. The molecule has 0 saturated heterocycles. The summed E-state index contributed by atoms with van der Waals surface area (Å²) in [7, 11) is 1.33. The number of methoxy groups -OCH3 is 1. The summed E-state index contributed by atoms with van der Waals surface area (Å²) in [5.41, 5.74) is 3.29. The van der Waals surface area contributed by atoms with Gasteiger partial charge in [-0.2, -0.15) is 0 Å². The van der Waals surface area contributed by atoms with Crippen molar-refractivity contribution >= 4 is 23.4 Å². The Labute approximate surface area is 229 Å². The van der Waals surface area contributed by atoms with Crippen LogP contribution in [-0.2, 0) is 16.1 Å². The number of esters is 1. The van der Waals surface area contributed by atoms with Gasteiger partial charge >= 0.3 is 5.97 Å². The van der Waals surface area contributed by atoms with Crippen molar-refractivity contribution in [3.05, 3.63) is 127 Å². The monoisotopic (exact) mass is 540 g/mol. The summed E-state index contributed by atoms with van der Waals surface area (Å²) in [4.78, 5) is 31.7. The molecule has 0 radical (unpaired) electrons. The summed E-state index contributed by atoms with van der Waals surface area (Å²) in [5, 5.41) is 0. The van der Waals surface area contributed by atoms with Crippen molar-refractivity contribution in [3.63, 3.8) is 0 Å². The summed E-state index contributed by atoms with van der Waals surface area (Å²) in [6.07, 6.45) is 1.81. The van der Waals surface area contributed by atoms with Crippen LogP contribution >= 0.6 is 11.3 Å². The van der Waals surface area contributed by atoms with E-state index in [0.717, 1.165) is 16.7 Å². The van der Waals surface area contributed by atoms with Crippen molar-refractivity contribution < 1.29 is 19.0 Å². The van der Waals surface area contributed by atoms with E-state index in [0.29, 0.717) is 45.3 Å². The fourth-order valence-electron chi connectivity index (χ4n) is 4.53. The first kappa shape index (κ1) is 26.2. The van der Waals surface area contributed by atoms with Gasteiger partial charge in [0.25, 0.3) is 5.56 Å². The highest BCUT2D eigenvalue weighted by molar-refractivity contribution is 7.07. The van der Waals surface area contributed by atoms with E-state index in [4.69, 9.17) is 14.2 Å². The van der Waals surface area contributed by atoms with Crippen molar-refractivity contribution in [2.45, 2.75) is 26.5 Å². The van der Waals surface area contributed by atoms with Crippen LogP contribution in [0.4, 0.5) is 0 Å². The lowest BCUT2D eigenvalue weighted by atomic mass is 9.96. The Bertz CT molecular complexity index is 1710. The normalized spacial score (nSPS) is 14.9. The fraction of sp³-hybridized carbons (Fsp3) is 0.194. The van der Waals surface area contributed by atoms with Crippen LogP contribution in [0.3, 0.4) is 0 Å². The second kappa shape index (κ2) is 11.5. The van der Waals surface area contributed by atoms with Gasteiger partial charge in [-0.3, -0.25) is 9.36 Å². The average molecular weight is 541 g/mol. The van der Waals surface area contributed by atoms with Crippen molar-refractivity contribution in [2.75, 3.05) is 13.7 Å². The molecule has 4 aromatic rings. The SMILES string of the molecule is CCOc1cc(/C=c2\sc3n(c2=O)[C@H](c2ccccc2)C(C(=O)OC)=C(C)N=3)ccc1OCc1ccccc1. The van der Waals surface area contributed by atoms with Gasteiger partial charge < -0.3 is 14.2 Å². The van der Waals surface area contributed by atoms with Gasteiger partial charge in [0.05, 0.1) is 35.6 Å². The highest BCUT2D eigenvalue weighted by Crippen LogP contribution is 2.31. The Kier molecular flexibility index (Phi) is 7.74. The van der Waals surface area contributed by atoms with Gasteiger partial charge in [0, 0.05) is 0 Å². The lowest BCUT2D eigenvalue weighted by molar-refractivity contribution is -0.136. The number of nitrogens with zero attached hydrogens (tertiary/aromatic N) is 2. The molecule has 1 aromatic heterocycles. The molecule has 0 amide bonds. The zero-order valence-corrected chi connectivity index (χ0v) is 22.7. The molecule has 0 bridgehead atoms. The van der Waals surface area contributed by atoms with Crippen molar-refractivity contribution in [2.24, 2.45) is 4.99 Å². The van der Waals surface area contributed by atoms with Gasteiger partial charge in [-0.05, 0) is 48.7 Å². The molecule has 0 saturated carbocycles. The Hall–Kier alpha value is -4.43. The molecular weight excluding hydrogens is 512 g/mol. The minimum atomic E-state index is -0.634. The molecule has 3 aromatic carbocycles. The molecular formula is C31H28N2O5S. The molecule has 0 N–H and O–H groups in total. The smallest absolute Gasteiger partial charge is 0.338 e. The maximum absolute atomic E-state index is 13.8. The van der Waals surface area contributed by atoms with Crippen LogP contribution in [0.5, 0.6) is 11.5 Å². The molecule has 1 aliphatic rings. The van der Waals surface area contributed by atoms with E-state index in [1.165, 1.54) is 18.4 Å². The second-order valence-corrected chi connectivity index (χ2v) is 9.91. The van der Waals surface area contributed by atoms with Crippen molar-refractivity contribution in [1.29, 1.82) is 0 Å². The summed E-state index contributed by atoms with van der Waals surface area (Å²) in [6.45, 7) is 4.57. The lowest BCUT2D eigenvalue weighted by Crippen LogP contribution is -2.39. The Morgan fingerprint density at radius 2 is 1.72 bits per heavy atom. The van der Waals surface area contributed by atoms with Gasteiger partial charge in [0.2, 0.25) is 0 Å². The number of rotatable bonds is 8. The molecule has 0 spiro atoms. The van der Waals surface area contributed by atoms with E-state index in [-0.39, 0.29) is 5.56 Å². The van der Waals surface area contributed by atoms with Crippen LogP contribution in [0.1, 0.15) is 36.6 Å². The summed E-state index contributed by atoms with van der Waals surface area (Å²) < 4.78 is 19.0. The lowest BCUT2D eigenvalue weighted by Gasteiger charge is -2.24. The van der Waals surface area contributed by atoms with Crippen LogP contribution in [0.25, 0.3) is 6.08 Å². The van der Waals surface area contributed by atoms with Gasteiger partial charge in [-0.1, -0.05) is 78.1 Å². The van der Waals surface area contributed by atoms with Crippen LogP contribution in [0.2, 0.25) is 0 Å². The number of carbonyl (C=O) groups excluding carboxylic acids is 1. The predicted octanol–water partition coefficient (Wildman–Crippen LogP) is 4.39. The van der Waals surface area contributed by atoms with Gasteiger partial charge in [-0.25, -0.2) is 9.79 Å². The Balaban J connectivity index is 1.56. The van der Waals surface area contributed by atoms with E-state index in [2.05, 4.69) is 4.99 Å². The number of thiazole rings is 1. The predicted molar refractivity (Wildman–Crippen MR) is 151 cm³/mol. The first-order valence-electron chi connectivity index (χ1n) is 12.6. The van der Waals surface area contributed by atoms with Gasteiger partial charge in [0.15, 0.2) is 16.3 Å². The summed E-state index contributed by atoms with van der Waals surface area (Å²) >= 11 is 1.28. The summed E-state index contributed by atoms with van der Waals surface area (Å²) in [5.74, 6) is 0.717. The minimum absolute atomic E-state index is 0.233. The van der Waals surface area contributed by atoms with Gasteiger partial charge in [-0.15, -0.1) is 0 Å². The third-order valence-electron chi connectivity index (χ3n) is 6.34. The van der Waals surface area contributed by atoms with Crippen molar-refractivity contribution in [1.82, 2.24) is 4.57 Å².